The van der Waals surface area contributed by atoms with Gasteiger partial charge in [0.15, 0.2) is 0 Å². The summed E-state index contributed by atoms with van der Waals surface area (Å²) < 4.78 is 2.36. The maximum Gasteiger partial charge on any atom is 0.111 e. The monoisotopic (exact) mass is 271 g/mol. The Labute approximate surface area is 121 Å². The second kappa shape index (κ2) is 4.88. The minimum atomic E-state index is -0.0386. The lowest BCUT2D eigenvalue weighted by molar-refractivity contribution is 0.413. The van der Waals surface area contributed by atoms with E-state index in [0.717, 1.165) is 30.6 Å². The van der Waals surface area contributed by atoms with Crippen molar-refractivity contribution >= 4 is 11.0 Å². The van der Waals surface area contributed by atoms with Gasteiger partial charge in [-0.3, -0.25) is 0 Å². The topological polar surface area (TPSA) is 43.8 Å². The van der Waals surface area contributed by atoms with Crippen LogP contribution in [0.2, 0.25) is 0 Å². The first kappa shape index (κ1) is 13.6. The smallest absolute Gasteiger partial charge is 0.111 e. The first-order chi connectivity index (χ1) is 9.48. The van der Waals surface area contributed by atoms with E-state index in [2.05, 4.69) is 43.5 Å². The molecule has 1 aliphatic carbocycles. The van der Waals surface area contributed by atoms with E-state index >= 15 is 0 Å². The second-order valence-corrected chi connectivity index (χ2v) is 6.73. The van der Waals surface area contributed by atoms with Gasteiger partial charge >= 0.3 is 0 Å². The van der Waals surface area contributed by atoms with E-state index in [1.165, 1.54) is 23.9 Å². The first-order valence-electron chi connectivity index (χ1n) is 7.75. The molecular formula is C17H25N3. The number of imidazole rings is 1. The maximum absolute atomic E-state index is 6.56. The van der Waals surface area contributed by atoms with Crippen molar-refractivity contribution in [1.82, 2.24) is 9.55 Å². The molecule has 0 atom stereocenters. The molecule has 1 saturated carbocycles. The summed E-state index contributed by atoms with van der Waals surface area (Å²) in [6.45, 7) is 6.57. The lowest BCUT2D eigenvalue weighted by atomic mass is 9.94. The molecule has 0 saturated heterocycles. The normalized spacial score (nSPS) is 18.2. The molecule has 3 nitrogen and oxygen atoms in total. The minimum Gasteiger partial charge on any atom is -0.325 e. The van der Waals surface area contributed by atoms with Crippen LogP contribution in [0.5, 0.6) is 0 Å². The highest BCUT2D eigenvalue weighted by Gasteiger charge is 2.31. The number of hydrogen-bond acceptors (Lipinski definition) is 2. The summed E-state index contributed by atoms with van der Waals surface area (Å²) in [6, 6.07) is 6.96. The summed E-state index contributed by atoms with van der Waals surface area (Å²) in [5.41, 5.74) is 10.1. The van der Waals surface area contributed by atoms with Gasteiger partial charge in [0.2, 0.25) is 0 Å². The highest BCUT2D eigenvalue weighted by molar-refractivity contribution is 5.77. The molecule has 1 aromatic carbocycles. The molecule has 0 amide bonds. The van der Waals surface area contributed by atoms with Crippen molar-refractivity contribution in [3.63, 3.8) is 0 Å². The molecule has 3 heteroatoms. The molecule has 2 aromatic rings. The van der Waals surface area contributed by atoms with Crippen LogP contribution in [-0.4, -0.2) is 15.1 Å². The fourth-order valence-corrected chi connectivity index (χ4v) is 3.53. The predicted octanol–water partition coefficient (Wildman–Crippen LogP) is 3.74. The standard InChI is InChI=1S/C17H25N3/c1-12(2)20-15-7-6-13(3)10-14(15)19-16(20)11-17(18)8-4-5-9-17/h6-7,10,12H,4-5,8-9,11,18H2,1-3H3. The number of fused-ring (bicyclic) bond motifs is 1. The van der Waals surface area contributed by atoms with Gasteiger partial charge in [-0.15, -0.1) is 0 Å². The fraction of sp³-hybridized carbons (Fsp3) is 0.588. The lowest BCUT2D eigenvalue weighted by Gasteiger charge is -2.24. The molecular weight excluding hydrogens is 246 g/mol. The van der Waals surface area contributed by atoms with Crippen LogP contribution in [0.1, 0.15) is 57.0 Å². The van der Waals surface area contributed by atoms with Gasteiger partial charge < -0.3 is 10.3 Å². The average molecular weight is 271 g/mol. The van der Waals surface area contributed by atoms with Crippen molar-refractivity contribution in [2.24, 2.45) is 5.73 Å². The van der Waals surface area contributed by atoms with Crippen molar-refractivity contribution in [2.45, 2.75) is 64.5 Å². The van der Waals surface area contributed by atoms with Crippen molar-refractivity contribution in [2.75, 3.05) is 0 Å². The summed E-state index contributed by atoms with van der Waals surface area (Å²) in [4.78, 5) is 4.89. The Morgan fingerprint density at radius 2 is 2.00 bits per heavy atom. The zero-order valence-corrected chi connectivity index (χ0v) is 12.8. The Bertz CT molecular complexity index is 618. The summed E-state index contributed by atoms with van der Waals surface area (Å²) >= 11 is 0. The van der Waals surface area contributed by atoms with Crippen LogP contribution in [0.4, 0.5) is 0 Å². The maximum atomic E-state index is 6.56. The van der Waals surface area contributed by atoms with Gasteiger partial charge in [0.25, 0.3) is 0 Å². The van der Waals surface area contributed by atoms with E-state index in [1.54, 1.807) is 0 Å². The number of aromatic nitrogens is 2. The molecule has 1 heterocycles. The SMILES string of the molecule is Cc1ccc2c(c1)nc(CC1(N)CCCC1)n2C(C)C. The van der Waals surface area contributed by atoms with Crippen molar-refractivity contribution < 1.29 is 0 Å². The Morgan fingerprint density at radius 1 is 1.30 bits per heavy atom. The highest BCUT2D eigenvalue weighted by Crippen LogP contribution is 2.32. The van der Waals surface area contributed by atoms with E-state index in [0.29, 0.717) is 6.04 Å². The molecule has 20 heavy (non-hydrogen) atoms. The van der Waals surface area contributed by atoms with E-state index in [9.17, 15) is 0 Å². The third-order valence-electron chi connectivity index (χ3n) is 4.54. The van der Waals surface area contributed by atoms with Crippen LogP contribution in [-0.2, 0) is 6.42 Å². The summed E-state index contributed by atoms with van der Waals surface area (Å²) in [5, 5.41) is 0. The molecule has 0 spiro atoms. The summed E-state index contributed by atoms with van der Waals surface area (Å²) in [5.74, 6) is 1.16. The molecule has 0 aliphatic heterocycles. The molecule has 0 bridgehead atoms. The van der Waals surface area contributed by atoms with E-state index < -0.39 is 0 Å². The van der Waals surface area contributed by atoms with Crippen molar-refractivity contribution in [3.8, 4) is 0 Å². The van der Waals surface area contributed by atoms with Crippen LogP contribution in [0.15, 0.2) is 18.2 Å². The molecule has 2 N–H and O–H groups in total. The molecule has 108 valence electrons. The van der Waals surface area contributed by atoms with Gasteiger partial charge in [0, 0.05) is 18.0 Å². The third kappa shape index (κ3) is 2.35. The fourth-order valence-electron chi connectivity index (χ4n) is 3.53. The zero-order valence-electron chi connectivity index (χ0n) is 12.8. The Balaban J connectivity index is 2.07. The molecule has 1 aliphatic rings. The van der Waals surface area contributed by atoms with Gasteiger partial charge in [0.05, 0.1) is 11.0 Å². The molecule has 0 radical (unpaired) electrons. The molecule has 1 fully saturated rings. The average Bonchev–Trinajstić information content (AvgIpc) is 2.92. The van der Waals surface area contributed by atoms with Gasteiger partial charge in [-0.05, 0) is 51.3 Å². The predicted molar refractivity (Wildman–Crippen MR) is 83.9 cm³/mol. The van der Waals surface area contributed by atoms with Crippen molar-refractivity contribution in [3.05, 3.63) is 29.6 Å². The van der Waals surface area contributed by atoms with Gasteiger partial charge in [-0.1, -0.05) is 18.9 Å². The lowest BCUT2D eigenvalue weighted by Crippen LogP contribution is -2.39. The van der Waals surface area contributed by atoms with Crippen LogP contribution in [0.25, 0.3) is 11.0 Å². The number of rotatable bonds is 3. The summed E-state index contributed by atoms with van der Waals surface area (Å²) in [6.07, 6.45) is 5.69. The Morgan fingerprint density at radius 3 is 2.65 bits per heavy atom. The number of hydrogen-bond donors (Lipinski definition) is 1. The third-order valence-corrected chi connectivity index (χ3v) is 4.54. The van der Waals surface area contributed by atoms with Gasteiger partial charge in [-0.2, -0.15) is 0 Å². The number of nitrogens with two attached hydrogens (primary N) is 1. The van der Waals surface area contributed by atoms with Crippen LogP contribution < -0.4 is 5.73 Å². The van der Waals surface area contributed by atoms with E-state index in [-0.39, 0.29) is 5.54 Å². The Kier molecular flexibility index (Phi) is 3.33. The number of nitrogens with zero attached hydrogens (tertiary/aromatic N) is 2. The van der Waals surface area contributed by atoms with Gasteiger partial charge in [0.1, 0.15) is 5.82 Å². The van der Waals surface area contributed by atoms with Crippen LogP contribution in [0, 0.1) is 6.92 Å². The van der Waals surface area contributed by atoms with Crippen LogP contribution >= 0.6 is 0 Å². The summed E-state index contributed by atoms with van der Waals surface area (Å²) in [7, 11) is 0. The van der Waals surface area contributed by atoms with E-state index in [1.807, 2.05) is 0 Å². The van der Waals surface area contributed by atoms with Gasteiger partial charge in [-0.25, -0.2) is 4.98 Å². The van der Waals surface area contributed by atoms with Crippen molar-refractivity contribution in [1.29, 1.82) is 0 Å². The number of benzene rings is 1. The molecule has 0 unspecified atom stereocenters. The van der Waals surface area contributed by atoms with E-state index in [4.69, 9.17) is 10.7 Å². The first-order valence-corrected chi connectivity index (χ1v) is 7.75. The zero-order chi connectivity index (χ0) is 14.3. The highest BCUT2D eigenvalue weighted by atomic mass is 15.1. The molecule has 1 aromatic heterocycles. The second-order valence-electron chi connectivity index (χ2n) is 6.73. The largest absolute Gasteiger partial charge is 0.325 e. The Hall–Kier alpha value is -1.35. The van der Waals surface area contributed by atoms with Crippen LogP contribution in [0.3, 0.4) is 0 Å². The minimum absolute atomic E-state index is 0.0386. The number of aryl methyl sites for hydroxylation is 1. The quantitative estimate of drug-likeness (QED) is 0.924. The molecule has 3 rings (SSSR count).